The van der Waals surface area contributed by atoms with Gasteiger partial charge in [-0.15, -0.1) is 0 Å². The topological polar surface area (TPSA) is 132 Å². The van der Waals surface area contributed by atoms with Crippen molar-refractivity contribution in [1.29, 1.82) is 0 Å². The Kier molecular flexibility index (Phi) is 5.49. The monoisotopic (exact) mass is 399 g/mol. The Morgan fingerprint density at radius 2 is 2.07 bits per heavy atom. The molecule has 2 aromatic heterocycles. The van der Waals surface area contributed by atoms with Crippen LogP contribution >= 0.6 is 0 Å². The summed E-state index contributed by atoms with van der Waals surface area (Å²) in [5.74, 6) is -0.00300. The maximum atomic E-state index is 11.4. The number of carbonyl (C=O) groups excluding carboxylic acids is 1. The average molecular weight is 399 g/mol. The predicted molar refractivity (Wildman–Crippen MR) is 102 cm³/mol. The van der Waals surface area contributed by atoms with Crippen LogP contribution in [-0.2, 0) is 20.9 Å². The fourth-order valence-corrected chi connectivity index (χ4v) is 3.34. The van der Waals surface area contributed by atoms with E-state index in [1.165, 1.54) is 19.6 Å². The molecule has 4 rings (SSSR count). The third-order valence-corrected chi connectivity index (χ3v) is 4.71. The molecule has 1 aromatic carbocycles. The number of aliphatic hydroxyl groups excluding tert-OH is 2. The second-order valence-electron chi connectivity index (χ2n) is 6.73. The first-order chi connectivity index (χ1) is 14.1. The molecule has 29 heavy (non-hydrogen) atoms. The zero-order valence-corrected chi connectivity index (χ0v) is 15.7. The molecule has 10 nitrogen and oxygen atoms in total. The molecule has 1 fully saturated rings. The molecule has 1 aliphatic rings. The summed E-state index contributed by atoms with van der Waals surface area (Å²) in [6.07, 6.45) is -0.584. The van der Waals surface area contributed by atoms with Crippen LogP contribution in [-0.4, -0.2) is 60.6 Å². The normalized spacial score (nSPS) is 24.1. The van der Waals surface area contributed by atoms with Gasteiger partial charge in [-0.2, -0.15) is 0 Å². The van der Waals surface area contributed by atoms with Crippen LogP contribution in [0.15, 0.2) is 43.0 Å². The number of hydrogen-bond donors (Lipinski definition) is 3. The Morgan fingerprint density at radius 3 is 2.79 bits per heavy atom. The molecular weight excluding hydrogens is 378 g/mol. The van der Waals surface area contributed by atoms with Crippen LogP contribution < -0.4 is 5.32 Å². The Bertz CT molecular complexity index is 995. The number of carbonyl (C=O) groups is 1. The lowest BCUT2D eigenvalue weighted by Crippen LogP contribution is -2.35. The minimum Gasteiger partial charge on any atom is -0.394 e. The van der Waals surface area contributed by atoms with Crippen molar-refractivity contribution in [3.63, 3.8) is 0 Å². The van der Waals surface area contributed by atoms with E-state index in [1.807, 2.05) is 30.3 Å². The van der Waals surface area contributed by atoms with Gasteiger partial charge in [-0.25, -0.2) is 15.0 Å². The summed E-state index contributed by atoms with van der Waals surface area (Å²) < 4.78 is 13.4. The maximum absolute atomic E-state index is 11.4. The highest BCUT2D eigenvalue weighted by Crippen LogP contribution is 2.34. The third kappa shape index (κ3) is 3.83. The van der Waals surface area contributed by atoms with Crippen LogP contribution in [0.2, 0.25) is 0 Å². The lowest BCUT2D eigenvalue weighted by molar-refractivity contribution is -0.114. The molecule has 1 saturated heterocycles. The quantitative estimate of drug-likeness (QED) is 0.550. The molecule has 0 bridgehead atoms. The molecule has 0 aliphatic carbocycles. The Labute approximate surface area is 166 Å². The van der Waals surface area contributed by atoms with E-state index in [4.69, 9.17) is 9.47 Å². The molecule has 2 unspecified atom stereocenters. The summed E-state index contributed by atoms with van der Waals surface area (Å²) in [7, 11) is 0. The molecule has 10 heteroatoms. The number of aliphatic hydroxyl groups is 2. The fraction of sp³-hybridized carbons (Fsp3) is 0.368. The minimum absolute atomic E-state index is 0.263. The van der Waals surface area contributed by atoms with Crippen LogP contribution in [0.4, 0.5) is 5.82 Å². The second kappa shape index (κ2) is 8.21. The number of aromatic nitrogens is 4. The van der Waals surface area contributed by atoms with Gasteiger partial charge in [-0.3, -0.25) is 9.36 Å². The van der Waals surface area contributed by atoms with Gasteiger partial charge in [0.1, 0.15) is 24.6 Å². The maximum Gasteiger partial charge on any atom is 0.222 e. The van der Waals surface area contributed by atoms with Crippen molar-refractivity contribution in [3.8, 4) is 0 Å². The number of hydrogen-bond acceptors (Lipinski definition) is 8. The number of benzene rings is 1. The number of fused-ring (bicyclic) bond motifs is 1. The molecule has 0 saturated carbocycles. The highest BCUT2D eigenvalue weighted by Gasteiger charge is 2.46. The van der Waals surface area contributed by atoms with Crippen LogP contribution in [0.1, 0.15) is 18.7 Å². The molecule has 3 N–H and O–H groups in total. The zero-order chi connectivity index (χ0) is 20.4. The van der Waals surface area contributed by atoms with Gasteiger partial charge in [0, 0.05) is 6.92 Å². The number of nitrogens with zero attached hydrogens (tertiary/aromatic N) is 4. The number of rotatable bonds is 6. The summed E-state index contributed by atoms with van der Waals surface area (Å²) in [5, 5.41) is 22.8. The van der Waals surface area contributed by atoms with E-state index in [9.17, 15) is 15.0 Å². The highest BCUT2D eigenvalue weighted by molar-refractivity contribution is 5.95. The lowest BCUT2D eigenvalue weighted by atomic mass is 10.1. The van der Waals surface area contributed by atoms with Gasteiger partial charge in [0.2, 0.25) is 5.91 Å². The summed E-state index contributed by atoms with van der Waals surface area (Å²) in [6.45, 7) is 1.28. The van der Waals surface area contributed by atoms with Gasteiger partial charge in [0.05, 0.1) is 19.5 Å². The number of ether oxygens (including phenoxy) is 2. The van der Waals surface area contributed by atoms with E-state index in [0.29, 0.717) is 11.2 Å². The number of anilines is 1. The van der Waals surface area contributed by atoms with Crippen LogP contribution in [0.5, 0.6) is 0 Å². The van der Waals surface area contributed by atoms with Crippen molar-refractivity contribution >= 4 is 22.9 Å². The van der Waals surface area contributed by atoms with Crippen molar-refractivity contribution in [2.45, 2.75) is 38.1 Å². The third-order valence-electron chi connectivity index (χ3n) is 4.71. The van der Waals surface area contributed by atoms with Crippen molar-refractivity contribution in [1.82, 2.24) is 19.5 Å². The largest absolute Gasteiger partial charge is 0.394 e. The summed E-state index contributed by atoms with van der Waals surface area (Å²) >= 11 is 0. The van der Waals surface area contributed by atoms with E-state index in [-0.39, 0.29) is 24.9 Å². The molecule has 0 spiro atoms. The second-order valence-corrected chi connectivity index (χ2v) is 6.73. The van der Waals surface area contributed by atoms with Gasteiger partial charge < -0.3 is 25.0 Å². The Morgan fingerprint density at radius 1 is 1.28 bits per heavy atom. The molecular formula is C19H21N5O5. The molecule has 1 amide bonds. The molecule has 3 aromatic rings. The first kappa shape index (κ1) is 19.4. The highest BCUT2D eigenvalue weighted by atomic mass is 16.6. The molecule has 0 radical (unpaired) electrons. The lowest BCUT2D eigenvalue weighted by Gasteiger charge is -2.22. The van der Waals surface area contributed by atoms with E-state index in [0.717, 1.165) is 5.56 Å². The minimum atomic E-state index is -1.04. The standard InChI is InChI=1S/C19H21N5O5/c1-11(26)23-17-14-18(21-9-20-17)24(10-22-14)19-16(15(27)13(7-25)29-19)28-8-12-5-3-2-4-6-12/h2-6,9-10,13,15-16,19,25,27H,7-8H2,1H3,(H,20,21,23,26)/t13-,15?,16?,19-/m1/s1. The molecule has 3 heterocycles. The number of amides is 1. The van der Waals surface area contributed by atoms with Gasteiger partial charge in [0.15, 0.2) is 23.2 Å². The summed E-state index contributed by atoms with van der Waals surface area (Å²) in [5.41, 5.74) is 1.74. The Balaban J connectivity index is 1.65. The van der Waals surface area contributed by atoms with E-state index < -0.39 is 24.5 Å². The van der Waals surface area contributed by atoms with Crippen LogP contribution in [0.25, 0.3) is 11.2 Å². The van der Waals surface area contributed by atoms with Crippen LogP contribution in [0.3, 0.4) is 0 Å². The van der Waals surface area contributed by atoms with Gasteiger partial charge in [-0.1, -0.05) is 30.3 Å². The first-order valence-corrected chi connectivity index (χ1v) is 9.13. The summed E-state index contributed by atoms with van der Waals surface area (Å²) in [4.78, 5) is 24.0. The van der Waals surface area contributed by atoms with Crippen molar-refractivity contribution in [3.05, 3.63) is 48.5 Å². The SMILES string of the molecule is CC(=O)Nc1ncnc2c1ncn2[C@@H]1O[C@H](CO)C(O)C1OCc1ccccc1. The smallest absolute Gasteiger partial charge is 0.222 e. The van der Waals surface area contributed by atoms with E-state index in [1.54, 1.807) is 4.57 Å². The zero-order valence-electron chi connectivity index (χ0n) is 15.7. The molecule has 4 atom stereocenters. The number of nitrogens with one attached hydrogen (secondary N) is 1. The van der Waals surface area contributed by atoms with Crippen molar-refractivity contribution < 1.29 is 24.5 Å². The van der Waals surface area contributed by atoms with Crippen LogP contribution in [0, 0.1) is 0 Å². The van der Waals surface area contributed by atoms with Gasteiger partial charge >= 0.3 is 0 Å². The van der Waals surface area contributed by atoms with E-state index in [2.05, 4.69) is 20.3 Å². The van der Waals surface area contributed by atoms with E-state index >= 15 is 0 Å². The van der Waals surface area contributed by atoms with Gasteiger partial charge in [-0.05, 0) is 5.56 Å². The molecule has 152 valence electrons. The summed E-state index contributed by atoms with van der Waals surface area (Å²) in [6, 6.07) is 9.54. The predicted octanol–water partition coefficient (Wildman–Crippen LogP) is 0.621. The molecule has 1 aliphatic heterocycles. The fourth-order valence-electron chi connectivity index (χ4n) is 3.34. The van der Waals surface area contributed by atoms with Crippen molar-refractivity contribution in [2.75, 3.05) is 11.9 Å². The Hall–Kier alpha value is -2.92. The van der Waals surface area contributed by atoms with Crippen molar-refractivity contribution in [2.24, 2.45) is 0 Å². The number of imidazole rings is 1. The van der Waals surface area contributed by atoms with Gasteiger partial charge in [0.25, 0.3) is 0 Å². The first-order valence-electron chi connectivity index (χ1n) is 9.13. The average Bonchev–Trinajstić information content (AvgIpc) is 3.28.